The van der Waals surface area contributed by atoms with E-state index in [2.05, 4.69) is 15.9 Å². The van der Waals surface area contributed by atoms with E-state index in [1.165, 1.54) is 11.0 Å². The van der Waals surface area contributed by atoms with Crippen LogP contribution in [0.3, 0.4) is 0 Å². The minimum atomic E-state index is -0.303. The van der Waals surface area contributed by atoms with Gasteiger partial charge < -0.3 is 4.57 Å². The molecule has 2 heterocycles. The van der Waals surface area contributed by atoms with Crippen LogP contribution in [0.25, 0.3) is 17.0 Å². The molecule has 0 spiro atoms. The summed E-state index contributed by atoms with van der Waals surface area (Å²) >= 11 is 4.35. The highest BCUT2D eigenvalue weighted by molar-refractivity contribution is 9.10. The Bertz CT molecular complexity index is 1460. The van der Waals surface area contributed by atoms with Crippen LogP contribution in [0.15, 0.2) is 82.2 Å². The SMILES string of the molecule is Cc1c(/C=C2/SC(=O)N(Cc3ccc(Br)cc3)C2=O)c2ccccc2n1Cc1ccccc1F. The quantitative estimate of drug-likeness (QED) is 0.255. The Labute approximate surface area is 209 Å². The monoisotopic (exact) mass is 534 g/mol. The van der Waals surface area contributed by atoms with E-state index in [-0.39, 0.29) is 23.5 Å². The molecule has 0 bridgehead atoms. The summed E-state index contributed by atoms with van der Waals surface area (Å²) in [6.07, 6.45) is 1.79. The topological polar surface area (TPSA) is 42.3 Å². The van der Waals surface area contributed by atoms with Gasteiger partial charge in [-0.1, -0.05) is 64.5 Å². The van der Waals surface area contributed by atoms with Gasteiger partial charge in [0.1, 0.15) is 5.82 Å². The average Bonchev–Trinajstić information content (AvgIpc) is 3.25. The summed E-state index contributed by atoms with van der Waals surface area (Å²) in [5.41, 5.74) is 4.19. The van der Waals surface area contributed by atoms with Crippen molar-refractivity contribution in [1.82, 2.24) is 9.47 Å². The van der Waals surface area contributed by atoms with Gasteiger partial charge in [-0.15, -0.1) is 0 Å². The molecule has 0 radical (unpaired) electrons. The van der Waals surface area contributed by atoms with Crippen molar-refractivity contribution in [2.45, 2.75) is 20.0 Å². The lowest BCUT2D eigenvalue weighted by molar-refractivity contribution is -0.123. The number of thioether (sulfide) groups is 1. The third kappa shape index (κ3) is 4.21. The molecule has 4 aromatic rings. The number of amides is 2. The summed E-state index contributed by atoms with van der Waals surface area (Å²) < 4.78 is 17.3. The Hall–Kier alpha value is -3.16. The van der Waals surface area contributed by atoms with Crippen molar-refractivity contribution in [2.75, 3.05) is 0 Å². The number of carbonyl (C=O) groups is 2. The lowest BCUT2D eigenvalue weighted by Gasteiger charge is -2.12. The lowest BCUT2D eigenvalue weighted by atomic mass is 10.1. The Balaban J connectivity index is 1.51. The van der Waals surface area contributed by atoms with Gasteiger partial charge in [0.15, 0.2) is 0 Å². The number of hydrogen-bond donors (Lipinski definition) is 0. The molecule has 4 nitrogen and oxygen atoms in total. The molecular formula is C27H20BrFN2O2S. The first-order chi connectivity index (χ1) is 16.4. The first-order valence-corrected chi connectivity index (χ1v) is 12.3. The van der Waals surface area contributed by atoms with Crippen molar-refractivity contribution >= 4 is 55.8 Å². The van der Waals surface area contributed by atoms with Crippen molar-refractivity contribution in [3.8, 4) is 0 Å². The van der Waals surface area contributed by atoms with Gasteiger partial charge in [-0.05, 0) is 54.6 Å². The fourth-order valence-corrected chi connectivity index (χ4v) is 5.26. The van der Waals surface area contributed by atoms with Crippen molar-refractivity contribution in [2.24, 2.45) is 0 Å². The van der Waals surface area contributed by atoms with Crippen molar-refractivity contribution in [1.29, 1.82) is 0 Å². The number of imide groups is 1. The third-order valence-corrected chi connectivity index (χ3v) is 7.41. The second-order valence-corrected chi connectivity index (χ2v) is 10.00. The summed E-state index contributed by atoms with van der Waals surface area (Å²) in [4.78, 5) is 27.5. The van der Waals surface area contributed by atoms with Gasteiger partial charge in [-0.25, -0.2) is 4.39 Å². The molecule has 1 fully saturated rings. The molecule has 0 aliphatic carbocycles. The van der Waals surface area contributed by atoms with Gasteiger partial charge in [0.05, 0.1) is 18.0 Å². The van der Waals surface area contributed by atoms with Crippen LogP contribution >= 0.6 is 27.7 Å². The van der Waals surface area contributed by atoms with Crippen LogP contribution in [0, 0.1) is 12.7 Å². The van der Waals surface area contributed by atoms with E-state index in [9.17, 15) is 14.0 Å². The highest BCUT2D eigenvalue weighted by atomic mass is 79.9. The maximum absolute atomic E-state index is 14.4. The molecule has 0 N–H and O–H groups in total. The zero-order valence-electron chi connectivity index (χ0n) is 18.3. The average molecular weight is 535 g/mol. The fourth-order valence-electron chi connectivity index (χ4n) is 4.18. The highest BCUT2D eigenvalue weighted by Gasteiger charge is 2.35. The summed E-state index contributed by atoms with van der Waals surface area (Å²) in [6, 6.07) is 22.1. The van der Waals surface area contributed by atoms with Crippen LogP contribution in [-0.4, -0.2) is 20.6 Å². The number of rotatable bonds is 5. The number of fused-ring (bicyclic) bond motifs is 1. The van der Waals surface area contributed by atoms with E-state index in [4.69, 9.17) is 0 Å². The predicted molar refractivity (Wildman–Crippen MR) is 138 cm³/mol. The molecule has 0 saturated carbocycles. The van der Waals surface area contributed by atoms with Crippen LogP contribution in [0.4, 0.5) is 9.18 Å². The highest BCUT2D eigenvalue weighted by Crippen LogP contribution is 2.36. The van der Waals surface area contributed by atoms with E-state index in [0.29, 0.717) is 17.0 Å². The second kappa shape index (κ2) is 9.24. The maximum atomic E-state index is 14.4. The molecule has 1 aromatic heterocycles. The molecule has 34 heavy (non-hydrogen) atoms. The standard InChI is InChI=1S/C27H20BrFN2O2S/c1-17-22(14-25-26(32)31(27(33)34-25)15-18-10-12-20(28)13-11-18)21-7-3-5-9-24(21)30(17)16-19-6-2-4-8-23(19)29/h2-14H,15-16H2,1H3/b25-14+. The van der Waals surface area contributed by atoms with E-state index in [0.717, 1.165) is 44.0 Å². The second-order valence-electron chi connectivity index (χ2n) is 8.09. The Morgan fingerprint density at radius 3 is 2.41 bits per heavy atom. The number of halogens is 2. The first kappa shape index (κ1) is 22.6. The Kier molecular flexibility index (Phi) is 6.15. The Morgan fingerprint density at radius 1 is 0.941 bits per heavy atom. The fraction of sp³-hybridized carbons (Fsp3) is 0.111. The van der Waals surface area contributed by atoms with Gasteiger partial charge in [-0.3, -0.25) is 14.5 Å². The van der Waals surface area contributed by atoms with Crippen LogP contribution in [-0.2, 0) is 17.9 Å². The molecule has 1 aliphatic rings. The molecular weight excluding hydrogens is 515 g/mol. The minimum Gasteiger partial charge on any atom is -0.340 e. The molecule has 0 atom stereocenters. The van der Waals surface area contributed by atoms with Gasteiger partial charge in [0, 0.05) is 32.2 Å². The molecule has 0 unspecified atom stereocenters. The number of benzene rings is 3. The smallest absolute Gasteiger partial charge is 0.293 e. The van der Waals surface area contributed by atoms with Gasteiger partial charge in [-0.2, -0.15) is 0 Å². The summed E-state index contributed by atoms with van der Waals surface area (Å²) in [5, 5.41) is 0.669. The number of hydrogen-bond acceptors (Lipinski definition) is 3. The van der Waals surface area contributed by atoms with E-state index < -0.39 is 0 Å². The van der Waals surface area contributed by atoms with E-state index >= 15 is 0 Å². The maximum Gasteiger partial charge on any atom is 0.293 e. The molecule has 170 valence electrons. The van der Waals surface area contributed by atoms with Crippen molar-refractivity contribution in [3.63, 3.8) is 0 Å². The molecule has 1 saturated heterocycles. The molecule has 2 amide bonds. The lowest BCUT2D eigenvalue weighted by Crippen LogP contribution is -2.27. The van der Waals surface area contributed by atoms with Gasteiger partial charge in [0.25, 0.3) is 11.1 Å². The zero-order valence-corrected chi connectivity index (χ0v) is 20.7. The zero-order chi connectivity index (χ0) is 23.8. The first-order valence-electron chi connectivity index (χ1n) is 10.7. The third-order valence-electron chi connectivity index (χ3n) is 5.97. The number of aromatic nitrogens is 1. The number of carbonyl (C=O) groups excluding carboxylic acids is 2. The summed E-state index contributed by atoms with van der Waals surface area (Å²) in [6.45, 7) is 2.56. The number of nitrogens with zero attached hydrogens (tertiary/aromatic N) is 2. The number of para-hydroxylation sites is 1. The van der Waals surface area contributed by atoms with Crippen LogP contribution in [0.5, 0.6) is 0 Å². The molecule has 5 rings (SSSR count). The van der Waals surface area contributed by atoms with E-state index in [1.807, 2.05) is 66.1 Å². The largest absolute Gasteiger partial charge is 0.340 e. The normalized spacial score (nSPS) is 15.1. The van der Waals surface area contributed by atoms with Crippen molar-refractivity contribution in [3.05, 3.63) is 110 Å². The van der Waals surface area contributed by atoms with E-state index in [1.54, 1.807) is 18.2 Å². The predicted octanol–water partition coefficient (Wildman–Crippen LogP) is 7.14. The molecule has 3 aromatic carbocycles. The summed E-state index contributed by atoms with van der Waals surface area (Å²) in [5.74, 6) is -0.557. The summed E-state index contributed by atoms with van der Waals surface area (Å²) in [7, 11) is 0. The Morgan fingerprint density at radius 2 is 1.65 bits per heavy atom. The minimum absolute atomic E-state index is 0.226. The molecule has 1 aliphatic heterocycles. The van der Waals surface area contributed by atoms with Crippen LogP contribution in [0.1, 0.15) is 22.4 Å². The van der Waals surface area contributed by atoms with Crippen molar-refractivity contribution < 1.29 is 14.0 Å². The van der Waals surface area contributed by atoms with Gasteiger partial charge >= 0.3 is 0 Å². The molecule has 7 heteroatoms. The van der Waals surface area contributed by atoms with Crippen LogP contribution in [0.2, 0.25) is 0 Å². The van der Waals surface area contributed by atoms with Crippen LogP contribution < -0.4 is 0 Å². The van der Waals surface area contributed by atoms with Gasteiger partial charge in [0.2, 0.25) is 0 Å².